The van der Waals surface area contributed by atoms with Crippen LogP contribution in [0.4, 0.5) is 5.69 Å². The Hall–Kier alpha value is -2.64. The zero-order valence-corrected chi connectivity index (χ0v) is 9.41. The number of hydrogen-bond acceptors (Lipinski definition) is 6. The lowest BCUT2D eigenvalue weighted by molar-refractivity contribution is -0.385. The first kappa shape index (κ1) is 11.8. The number of hydrogen-bond donors (Lipinski definition) is 2. The van der Waals surface area contributed by atoms with Crippen molar-refractivity contribution in [3.63, 3.8) is 0 Å². The number of non-ortho nitro benzene ring substituents is 1. The van der Waals surface area contributed by atoms with E-state index in [0.29, 0.717) is 5.56 Å². The molecule has 0 saturated heterocycles. The Morgan fingerprint density at radius 2 is 2.39 bits per heavy atom. The van der Waals surface area contributed by atoms with Gasteiger partial charge in [-0.1, -0.05) is 12.1 Å². The van der Waals surface area contributed by atoms with E-state index >= 15 is 0 Å². The first-order valence-corrected chi connectivity index (χ1v) is 5.08. The second-order valence-electron chi connectivity index (χ2n) is 3.58. The number of carbonyl (C=O) groups is 1. The number of benzene rings is 1. The highest BCUT2D eigenvalue weighted by Gasteiger charge is 2.23. The van der Waals surface area contributed by atoms with Crippen molar-refractivity contribution in [3.05, 3.63) is 39.9 Å². The maximum Gasteiger partial charge on any atom is 0.315 e. The third kappa shape index (κ3) is 2.54. The van der Waals surface area contributed by atoms with E-state index in [2.05, 4.69) is 15.8 Å². The highest BCUT2D eigenvalue weighted by molar-refractivity contribution is 5.93. The number of nitro benzene ring substituents is 1. The molecule has 2 rings (SSSR count). The summed E-state index contributed by atoms with van der Waals surface area (Å²) < 4.78 is 5.28. The lowest BCUT2D eigenvalue weighted by Crippen LogP contribution is -2.28. The van der Waals surface area contributed by atoms with Gasteiger partial charge in [0.2, 0.25) is 12.1 Å². The molecule has 94 valence electrons. The Morgan fingerprint density at radius 1 is 1.61 bits per heavy atom. The minimum Gasteiger partial charge on any atom is -0.434 e. The van der Waals surface area contributed by atoms with E-state index in [4.69, 9.17) is 4.74 Å². The number of nitrogens with zero attached hydrogens (tertiary/aromatic N) is 2. The van der Waals surface area contributed by atoms with Gasteiger partial charge in [-0.25, -0.2) is 0 Å². The van der Waals surface area contributed by atoms with E-state index < -0.39 is 11.2 Å². The predicted molar refractivity (Wildman–Crippen MR) is 61.3 cm³/mol. The second-order valence-corrected chi connectivity index (χ2v) is 3.58. The van der Waals surface area contributed by atoms with Crippen molar-refractivity contribution in [2.24, 2.45) is 5.10 Å². The third-order valence-corrected chi connectivity index (χ3v) is 2.18. The Balaban J connectivity index is 2.09. The van der Waals surface area contributed by atoms with E-state index in [1.54, 1.807) is 12.1 Å². The van der Waals surface area contributed by atoms with Crippen molar-refractivity contribution in [1.29, 1.82) is 0 Å². The van der Waals surface area contributed by atoms with E-state index in [1.165, 1.54) is 19.1 Å². The van der Waals surface area contributed by atoms with Gasteiger partial charge in [0.1, 0.15) is 0 Å². The zero-order valence-electron chi connectivity index (χ0n) is 9.41. The summed E-state index contributed by atoms with van der Waals surface area (Å²) in [4.78, 5) is 20.9. The van der Waals surface area contributed by atoms with Gasteiger partial charge in [-0.2, -0.15) is 0 Å². The van der Waals surface area contributed by atoms with Gasteiger partial charge in [-0.05, 0) is 0 Å². The standard InChI is InChI=1S/C10H10N4O4/c1-6(15)11-10-13-12-9(18-10)7-3-2-4-8(5-7)14(16)17/h2-5,9,12H,1H3,(H,11,13,15)/t9-/m1/s1. The summed E-state index contributed by atoms with van der Waals surface area (Å²) >= 11 is 0. The summed E-state index contributed by atoms with van der Waals surface area (Å²) in [6, 6.07) is 6.02. The van der Waals surface area contributed by atoms with Crippen LogP contribution < -0.4 is 10.7 Å². The van der Waals surface area contributed by atoms with Crippen LogP contribution in [0.25, 0.3) is 0 Å². The molecule has 8 heteroatoms. The second kappa shape index (κ2) is 4.70. The summed E-state index contributed by atoms with van der Waals surface area (Å²) in [7, 11) is 0. The van der Waals surface area contributed by atoms with Crippen molar-refractivity contribution in [3.8, 4) is 0 Å². The van der Waals surface area contributed by atoms with Gasteiger partial charge in [-0.15, -0.1) is 5.10 Å². The molecule has 0 radical (unpaired) electrons. The lowest BCUT2D eigenvalue weighted by atomic mass is 10.2. The molecule has 2 N–H and O–H groups in total. The molecule has 1 aliphatic rings. The molecule has 0 unspecified atom stereocenters. The molecule has 1 amide bonds. The molecule has 1 aliphatic heterocycles. The molecule has 0 aliphatic carbocycles. The molecule has 0 bridgehead atoms. The summed E-state index contributed by atoms with van der Waals surface area (Å²) in [5.41, 5.74) is 3.14. The minimum absolute atomic E-state index is 0.0362. The fourth-order valence-electron chi connectivity index (χ4n) is 1.43. The molecule has 1 aromatic rings. The molecule has 1 heterocycles. The Bertz CT molecular complexity index is 528. The van der Waals surface area contributed by atoms with E-state index in [-0.39, 0.29) is 17.6 Å². The molecule has 8 nitrogen and oxygen atoms in total. The van der Waals surface area contributed by atoms with Crippen molar-refractivity contribution >= 4 is 17.6 Å². The summed E-state index contributed by atoms with van der Waals surface area (Å²) in [6.07, 6.45) is -0.647. The molecular weight excluding hydrogens is 240 g/mol. The van der Waals surface area contributed by atoms with Crippen molar-refractivity contribution in [2.75, 3.05) is 0 Å². The fraction of sp³-hybridized carbons (Fsp3) is 0.200. The van der Waals surface area contributed by atoms with Crippen LogP contribution in [0.5, 0.6) is 0 Å². The van der Waals surface area contributed by atoms with Gasteiger partial charge in [0.25, 0.3) is 5.69 Å². The monoisotopic (exact) mass is 250 g/mol. The van der Waals surface area contributed by atoms with Gasteiger partial charge >= 0.3 is 6.02 Å². The van der Waals surface area contributed by atoms with E-state index in [9.17, 15) is 14.9 Å². The molecular formula is C10H10N4O4. The zero-order chi connectivity index (χ0) is 13.1. The Kier molecular flexibility index (Phi) is 3.09. The van der Waals surface area contributed by atoms with Crippen LogP contribution in [0.1, 0.15) is 18.7 Å². The van der Waals surface area contributed by atoms with E-state index in [1.807, 2.05) is 0 Å². The highest BCUT2D eigenvalue weighted by Crippen LogP contribution is 2.22. The number of nitrogens with one attached hydrogen (secondary N) is 2. The summed E-state index contributed by atoms with van der Waals surface area (Å²) in [5, 5.41) is 16.8. The number of hydrazone groups is 1. The Morgan fingerprint density at radius 3 is 3.06 bits per heavy atom. The average molecular weight is 250 g/mol. The van der Waals surface area contributed by atoms with Crippen LogP contribution in [-0.2, 0) is 9.53 Å². The highest BCUT2D eigenvalue weighted by atomic mass is 16.6. The van der Waals surface area contributed by atoms with Crippen LogP contribution >= 0.6 is 0 Å². The summed E-state index contributed by atoms with van der Waals surface area (Å²) in [6.45, 7) is 1.33. The molecule has 1 atom stereocenters. The van der Waals surface area contributed by atoms with Gasteiger partial charge in [0.05, 0.1) is 4.92 Å². The van der Waals surface area contributed by atoms with Crippen LogP contribution in [0, 0.1) is 10.1 Å². The number of rotatable bonds is 2. The van der Waals surface area contributed by atoms with Gasteiger partial charge in [-0.3, -0.25) is 25.7 Å². The largest absolute Gasteiger partial charge is 0.434 e. The normalized spacial score (nSPS) is 17.4. The third-order valence-electron chi connectivity index (χ3n) is 2.18. The number of carbonyl (C=O) groups excluding carboxylic acids is 1. The molecule has 0 saturated carbocycles. The Labute approximate surface area is 102 Å². The molecule has 1 aromatic carbocycles. The van der Waals surface area contributed by atoms with E-state index in [0.717, 1.165) is 0 Å². The van der Waals surface area contributed by atoms with Crippen molar-refractivity contribution < 1.29 is 14.5 Å². The SMILES string of the molecule is CC(=O)NC1=NN[C@@H](c2cccc([N+](=O)[O-])c2)O1. The van der Waals surface area contributed by atoms with Crippen molar-refractivity contribution in [2.45, 2.75) is 13.2 Å². The van der Waals surface area contributed by atoms with Gasteiger partial charge in [0.15, 0.2) is 0 Å². The van der Waals surface area contributed by atoms with Crippen LogP contribution in [0.3, 0.4) is 0 Å². The average Bonchev–Trinajstić information content (AvgIpc) is 2.77. The molecule has 0 aromatic heterocycles. The maximum absolute atomic E-state index is 10.8. The smallest absolute Gasteiger partial charge is 0.315 e. The molecule has 0 spiro atoms. The number of ether oxygens (including phenoxy) is 1. The van der Waals surface area contributed by atoms with Crippen molar-refractivity contribution in [1.82, 2.24) is 10.7 Å². The maximum atomic E-state index is 10.8. The van der Waals surface area contributed by atoms with Crippen LogP contribution in [-0.4, -0.2) is 16.9 Å². The number of amides is 1. The van der Waals surface area contributed by atoms with Crippen LogP contribution in [0.15, 0.2) is 29.4 Å². The predicted octanol–water partition coefficient (Wildman–Crippen LogP) is 0.620. The first-order chi connectivity index (χ1) is 8.56. The summed E-state index contributed by atoms with van der Waals surface area (Å²) in [5.74, 6) is -0.310. The number of amidine groups is 1. The molecule has 0 fully saturated rings. The quantitative estimate of drug-likeness (QED) is 0.591. The molecule has 18 heavy (non-hydrogen) atoms. The topological polar surface area (TPSA) is 106 Å². The van der Waals surface area contributed by atoms with Gasteiger partial charge < -0.3 is 4.74 Å². The van der Waals surface area contributed by atoms with Gasteiger partial charge in [0, 0.05) is 24.6 Å². The first-order valence-electron chi connectivity index (χ1n) is 5.08. The van der Waals surface area contributed by atoms with Crippen LogP contribution in [0.2, 0.25) is 0 Å². The number of nitro groups is 1. The fourth-order valence-corrected chi connectivity index (χ4v) is 1.43. The lowest BCUT2D eigenvalue weighted by Gasteiger charge is -2.10. The minimum atomic E-state index is -0.647.